The van der Waals surface area contributed by atoms with Gasteiger partial charge in [-0.3, -0.25) is 4.79 Å². The van der Waals surface area contributed by atoms with E-state index >= 15 is 0 Å². The number of carbonyl (C=O) groups excluding carboxylic acids is 1. The van der Waals surface area contributed by atoms with Crippen molar-refractivity contribution in [2.45, 2.75) is 101 Å². The summed E-state index contributed by atoms with van der Waals surface area (Å²) in [6.45, 7) is 8.18. The van der Waals surface area contributed by atoms with Gasteiger partial charge in [-0.25, -0.2) is 0 Å². The van der Waals surface area contributed by atoms with Gasteiger partial charge in [-0.2, -0.15) is 0 Å². The number of methoxy groups -OCH3 is 1. The summed E-state index contributed by atoms with van der Waals surface area (Å²) in [5.74, 6) is -0.607. The summed E-state index contributed by atoms with van der Waals surface area (Å²) in [5.41, 5.74) is 4.48. The third kappa shape index (κ3) is 25.5. The maximum absolute atomic E-state index is 13.4. The first-order valence-electron chi connectivity index (χ1n) is 29.6. The van der Waals surface area contributed by atoms with Crippen LogP contribution in [0.25, 0.3) is 0 Å². The molecule has 5 aromatic carbocycles. The minimum atomic E-state index is -1.36. The molecule has 86 heavy (non-hydrogen) atoms. The van der Waals surface area contributed by atoms with Crippen LogP contribution in [0, 0.1) is 0 Å². The molecule has 0 spiro atoms. The summed E-state index contributed by atoms with van der Waals surface area (Å²) < 4.78 is 112. The van der Waals surface area contributed by atoms with E-state index in [4.69, 9.17) is 85.3 Å². The molecule has 0 aliphatic carbocycles. The van der Waals surface area contributed by atoms with E-state index in [2.05, 4.69) is 0 Å². The normalized spacial score (nSPS) is 22.2. The van der Waals surface area contributed by atoms with Crippen molar-refractivity contribution in [3.63, 3.8) is 0 Å². The second-order valence-corrected chi connectivity index (χ2v) is 20.1. The number of benzene rings is 5. The Morgan fingerprint density at radius 2 is 0.698 bits per heavy atom. The third-order valence-corrected chi connectivity index (χ3v) is 13.7. The van der Waals surface area contributed by atoms with Gasteiger partial charge in [0.05, 0.1) is 152 Å². The van der Waals surface area contributed by atoms with Gasteiger partial charge in [0.15, 0.2) is 18.7 Å². The second kappa shape index (κ2) is 41.9. The molecule has 20 nitrogen and oxygen atoms in total. The smallest absolute Gasteiger partial charge is 0.303 e. The largest absolute Gasteiger partial charge is 0.454 e. The SMILES string of the molecule is COCCOCCOCCOCCOCCOCCOCCOCCO[C@H]1O[C@H](CO)[C@@H](OCc2ccccc2)[C@H](O[C@H]2O[C@H](COCc3ccccc3)[C@@H](OCc3ccccc3)[C@H](OCc3ccccc3)[C@@H]2OC(C)=O)[C@@H]1OCc1ccccc1. The quantitative estimate of drug-likeness (QED) is 0.0305. The zero-order valence-corrected chi connectivity index (χ0v) is 49.7. The van der Waals surface area contributed by atoms with Gasteiger partial charge >= 0.3 is 5.97 Å². The summed E-state index contributed by atoms with van der Waals surface area (Å²) >= 11 is 0. The molecule has 2 heterocycles. The number of rotatable bonds is 45. The van der Waals surface area contributed by atoms with E-state index in [1.165, 1.54) is 6.92 Å². The van der Waals surface area contributed by atoms with Gasteiger partial charge in [-0.15, -0.1) is 0 Å². The molecule has 0 aromatic heterocycles. The average Bonchev–Trinajstić information content (AvgIpc) is 1.97. The molecule has 2 aliphatic heterocycles. The average molecular weight is 1200 g/mol. The molecule has 0 radical (unpaired) electrons. The highest BCUT2D eigenvalue weighted by Crippen LogP contribution is 2.37. The molecule has 10 atom stereocenters. The zero-order chi connectivity index (χ0) is 59.9. The summed E-state index contributed by atoms with van der Waals surface area (Å²) in [5, 5.41) is 11.2. The molecule has 5 aromatic rings. The van der Waals surface area contributed by atoms with Crippen LogP contribution in [0.15, 0.2) is 152 Å². The Hall–Kier alpha value is -5.15. The van der Waals surface area contributed by atoms with Crippen molar-refractivity contribution >= 4 is 5.97 Å². The maximum atomic E-state index is 13.4. The highest BCUT2D eigenvalue weighted by molar-refractivity contribution is 5.66. The van der Waals surface area contributed by atoms with Gasteiger partial charge in [0.1, 0.15) is 42.7 Å². The molecule has 472 valence electrons. The fraction of sp³-hybridized carbons (Fsp3) is 0.530. The van der Waals surface area contributed by atoms with Crippen LogP contribution < -0.4 is 0 Å². The molecule has 2 fully saturated rings. The fourth-order valence-corrected chi connectivity index (χ4v) is 9.40. The summed E-state index contributed by atoms with van der Waals surface area (Å²) in [6, 6.07) is 48.5. The number of aliphatic hydroxyl groups excluding tert-OH is 1. The van der Waals surface area contributed by atoms with E-state index in [0.717, 1.165) is 27.8 Å². The summed E-state index contributed by atoms with van der Waals surface area (Å²) in [4.78, 5) is 13.4. The Labute approximate surface area is 506 Å². The summed E-state index contributed by atoms with van der Waals surface area (Å²) in [6.07, 6.45) is -10.6. The molecular formula is C66H88O20. The van der Waals surface area contributed by atoms with Crippen LogP contribution in [0.2, 0.25) is 0 Å². The third-order valence-electron chi connectivity index (χ3n) is 13.7. The van der Waals surface area contributed by atoms with Crippen LogP contribution in [0.3, 0.4) is 0 Å². The minimum Gasteiger partial charge on any atom is -0.454 e. The van der Waals surface area contributed by atoms with Crippen LogP contribution in [0.5, 0.6) is 0 Å². The fourth-order valence-electron chi connectivity index (χ4n) is 9.40. The van der Waals surface area contributed by atoms with E-state index in [9.17, 15) is 9.90 Å². The number of carbonyl (C=O) groups is 1. The van der Waals surface area contributed by atoms with Crippen LogP contribution in [-0.4, -0.2) is 199 Å². The Kier molecular flexibility index (Phi) is 33.3. The van der Waals surface area contributed by atoms with Gasteiger partial charge in [0.2, 0.25) is 0 Å². The minimum absolute atomic E-state index is 0.0320. The predicted octanol–water partition coefficient (Wildman–Crippen LogP) is 7.08. The Balaban J connectivity index is 1.02. The lowest BCUT2D eigenvalue weighted by Crippen LogP contribution is -2.66. The van der Waals surface area contributed by atoms with Crippen LogP contribution in [0.4, 0.5) is 0 Å². The molecule has 20 heteroatoms. The first kappa shape index (κ1) is 68.3. The first-order valence-corrected chi connectivity index (χ1v) is 29.6. The van der Waals surface area contributed by atoms with Crippen molar-refractivity contribution in [1.29, 1.82) is 0 Å². The van der Waals surface area contributed by atoms with Crippen LogP contribution in [-0.2, 0) is 123 Å². The van der Waals surface area contributed by atoms with Crippen LogP contribution >= 0.6 is 0 Å². The Bertz CT molecular complexity index is 2450. The predicted molar refractivity (Wildman–Crippen MR) is 315 cm³/mol. The Morgan fingerprint density at radius 1 is 0.360 bits per heavy atom. The molecular weight excluding hydrogens is 1110 g/mol. The molecule has 1 N–H and O–H groups in total. The lowest BCUT2D eigenvalue weighted by Gasteiger charge is -2.50. The van der Waals surface area contributed by atoms with Crippen LogP contribution in [0.1, 0.15) is 34.7 Å². The van der Waals surface area contributed by atoms with Crippen molar-refractivity contribution in [2.24, 2.45) is 0 Å². The maximum Gasteiger partial charge on any atom is 0.303 e. The van der Waals surface area contributed by atoms with E-state index in [1.807, 2.05) is 152 Å². The number of esters is 1. The zero-order valence-electron chi connectivity index (χ0n) is 49.7. The first-order chi connectivity index (χ1) is 42.5. The van der Waals surface area contributed by atoms with Crippen molar-refractivity contribution in [1.82, 2.24) is 0 Å². The number of hydrogen-bond donors (Lipinski definition) is 1. The molecule has 2 saturated heterocycles. The number of aliphatic hydroxyl groups is 1. The molecule has 0 saturated carbocycles. The molecule has 0 amide bonds. The van der Waals surface area contributed by atoms with Crippen molar-refractivity contribution in [2.75, 3.05) is 126 Å². The lowest BCUT2D eigenvalue weighted by atomic mass is 9.95. The highest BCUT2D eigenvalue weighted by Gasteiger charge is 2.55. The van der Waals surface area contributed by atoms with E-state index in [1.54, 1.807) is 7.11 Å². The summed E-state index contributed by atoms with van der Waals surface area (Å²) in [7, 11) is 1.64. The van der Waals surface area contributed by atoms with E-state index in [-0.39, 0.29) is 59.5 Å². The molecule has 0 unspecified atom stereocenters. The molecule has 0 bridgehead atoms. The standard InChI is InChI=1S/C66H88O20/c1-51(68)83-64-61(81-48-55-24-14-6-15-25-55)60(80-47-54-22-12-5-13-23-54)58(50-77-45-52-18-8-3-9-19-52)85-66(64)86-62-59(79-46-53-20-10-4-11-21-53)57(44-67)84-65(63(62)82-49-56-26-16-7-17-27-56)78-43-42-76-41-40-75-39-38-74-37-36-73-35-34-72-33-32-71-31-30-70-29-28-69-2/h3-27,57-67H,28-50H2,1-2H3/t57-,58-,59-,60-,61+,62+,63+,64+,65+,66-/m1/s1. The highest BCUT2D eigenvalue weighted by atomic mass is 16.8. The number of ether oxygens (including phenoxy) is 18. The van der Waals surface area contributed by atoms with E-state index in [0.29, 0.717) is 85.9 Å². The topological polar surface area (TPSA) is 203 Å². The van der Waals surface area contributed by atoms with Crippen molar-refractivity contribution < 1.29 is 95.2 Å². The lowest BCUT2D eigenvalue weighted by molar-refractivity contribution is -0.375. The van der Waals surface area contributed by atoms with Gasteiger partial charge in [0, 0.05) is 14.0 Å². The van der Waals surface area contributed by atoms with Gasteiger partial charge in [-0.1, -0.05) is 152 Å². The van der Waals surface area contributed by atoms with Gasteiger partial charge in [-0.05, 0) is 27.8 Å². The van der Waals surface area contributed by atoms with Gasteiger partial charge in [0.25, 0.3) is 0 Å². The van der Waals surface area contributed by atoms with Crippen molar-refractivity contribution in [3.05, 3.63) is 179 Å². The second-order valence-electron chi connectivity index (χ2n) is 20.1. The monoisotopic (exact) mass is 1200 g/mol. The molecule has 7 rings (SSSR count). The Morgan fingerprint density at radius 3 is 1.08 bits per heavy atom. The van der Waals surface area contributed by atoms with Crippen molar-refractivity contribution in [3.8, 4) is 0 Å². The number of hydrogen-bond acceptors (Lipinski definition) is 20. The van der Waals surface area contributed by atoms with Gasteiger partial charge < -0.3 is 90.4 Å². The van der Waals surface area contributed by atoms with E-state index < -0.39 is 74.0 Å². The molecule has 2 aliphatic rings.